The van der Waals surface area contributed by atoms with Gasteiger partial charge in [0, 0.05) is 6.07 Å². The normalized spacial score (nSPS) is 15.7. The molecule has 1 aliphatic heterocycles. The van der Waals surface area contributed by atoms with Gasteiger partial charge < -0.3 is 0 Å². The van der Waals surface area contributed by atoms with Crippen LogP contribution in [0.1, 0.15) is 31.9 Å². The number of aromatic nitrogens is 1. The molecule has 1 unspecified atom stereocenters. The molecule has 1 aromatic heterocycles. The first-order valence-corrected chi connectivity index (χ1v) is 12.3. The fraction of sp³-hybridized carbons (Fsp3) is 0.296. The van der Waals surface area contributed by atoms with E-state index in [2.05, 4.69) is 101 Å². The molecule has 4 aromatic rings. The van der Waals surface area contributed by atoms with Crippen LogP contribution in [0.2, 0.25) is 0 Å². The van der Waals surface area contributed by atoms with Crippen molar-refractivity contribution in [3.8, 4) is 11.3 Å². The maximum Gasteiger partial charge on any atom is 0.221 e. The van der Waals surface area contributed by atoms with Crippen LogP contribution in [0.3, 0.4) is 0 Å². The Kier molecular flexibility index (Phi) is 4.13. The van der Waals surface area contributed by atoms with E-state index < -0.39 is 0 Å². The molecule has 0 radical (unpaired) electrons. The van der Waals surface area contributed by atoms with Crippen molar-refractivity contribution in [1.29, 1.82) is 0 Å². The topological polar surface area (TPSA) is 3.88 Å². The molecule has 0 spiro atoms. The summed E-state index contributed by atoms with van der Waals surface area (Å²) in [6.07, 6.45) is 3.35. The lowest BCUT2D eigenvalue weighted by Crippen LogP contribution is -2.36. The van der Waals surface area contributed by atoms with Crippen LogP contribution in [0.15, 0.2) is 54.7 Å². The van der Waals surface area contributed by atoms with E-state index in [0.29, 0.717) is 5.41 Å². The van der Waals surface area contributed by atoms with Crippen molar-refractivity contribution in [3.05, 3.63) is 65.9 Å². The van der Waals surface area contributed by atoms with Crippen molar-refractivity contribution < 1.29 is 4.57 Å². The molecule has 0 N–H and O–H groups in total. The molecule has 0 bridgehead atoms. The molecule has 2 heterocycles. The van der Waals surface area contributed by atoms with E-state index in [4.69, 9.17) is 0 Å². The number of hydrogen-bond donors (Lipinski definition) is 0. The quantitative estimate of drug-likeness (QED) is 0.284. The number of benzene rings is 3. The Morgan fingerprint density at radius 3 is 2.45 bits per heavy atom. The molecule has 0 aliphatic carbocycles. The molecule has 0 saturated heterocycles. The Labute approximate surface area is 175 Å². The highest BCUT2D eigenvalue weighted by molar-refractivity contribution is 7.73. The largest absolute Gasteiger partial charge is 0.221 e. The van der Waals surface area contributed by atoms with E-state index >= 15 is 0 Å². The smallest absolute Gasteiger partial charge is 0.200 e. The van der Waals surface area contributed by atoms with E-state index in [-0.39, 0.29) is 7.92 Å². The Hall–Kier alpha value is -2.24. The lowest BCUT2D eigenvalue weighted by Gasteiger charge is -2.28. The summed E-state index contributed by atoms with van der Waals surface area (Å²) in [5, 5.41) is 8.67. The fourth-order valence-electron chi connectivity index (χ4n) is 5.03. The van der Waals surface area contributed by atoms with Crippen molar-refractivity contribution in [3.63, 3.8) is 0 Å². The molecule has 0 fully saturated rings. The molecule has 0 saturated carbocycles. The molecule has 1 nitrogen and oxygen atoms in total. The van der Waals surface area contributed by atoms with Crippen LogP contribution in [0.5, 0.6) is 0 Å². The van der Waals surface area contributed by atoms with Gasteiger partial charge in [0.1, 0.15) is 7.05 Å². The van der Waals surface area contributed by atoms with Crippen molar-refractivity contribution in [2.24, 2.45) is 12.5 Å². The summed E-state index contributed by atoms with van der Waals surface area (Å²) in [6, 6.07) is 18.6. The van der Waals surface area contributed by atoms with E-state index in [1.807, 2.05) is 0 Å². The molecule has 1 aliphatic rings. The highest BCUT2D eigenvalue weighted by atomic mass is 31.1. The second-order valence-electron chi connectivity index (χ2n) is 9.77. The lowest BCUT2D eigenvalue weighted by atomic mass is 9.87. The molecular weight excluding hydrogens is 369 g/mol. The SMILES string of the molecule is Cc1c2c(cc3ccccc13)P(C)c1cc(CC(C)(C)C)cc3cc[n+](C)c-2c13. The number of rotatable bonds is 1. The monoisotopic (exact) mass is 398 g/mol. The maximum atomic E-state index is 2.51. The lowest BCUT2D eigenvalue weighted by molar-refractivity contribution is -0.659. The number of fused-ring (bicyclic) bond motifs is 3. The van der Waals surface area contributed by atoms with Gasteiger partial charge in [0.2, 0.25) is 5.69 Å². The molecule has 3 aromatic carbocycles. The van der Waals surface area contributed by atoms with Gasteiger partial charge in [0.15, 0.2) is 6.20 Å². The Morgan fingerprint density at radius 1 is 0.931 bits per heavy atom. The first-order valence-electron chi connectivity index (χ1n) is 10.5. The Balaban J connectivity index is 1.90. The van der Waals surface area contributed by atoms with Gasteiger partial charge in [0.05, 0.1) is 10.9 Å². The highest BCUT2D eigenvalue weighted by Gasteiger charge is 2.32. The van der Waals surface area contributed by atoms with Crippen LogP contribution < -0.4 is 15.2 Å². The first kappa shape index (κ1) is 18.8. The molecular formula is C27H29NP+. The minimum absolute atomic E-state index is 0.290. The number of nitrogens with zero attached hydrogens (tertiary/aromatic N) is 1. The van der Waals surface area contributed by atoms with Gasteiger partial charge in [-0.2, -0.15) is 0 Å². The van der Waals surface area contributed by atoms with Crippen molar-refractivity contribution in [2.45, 2.75) is 34.1 Å². The molecule has 5 rings (SSSR count). The fourth-order valence-corrected chi connectivity index (χ4v) is 7.16. The average Bonchev–Trinajstić information content (AvgIpc) is 2.66. The van der Waals surface area contributed by atoms with Crippen molar-refractivity contribution in [2.75, 3.05) is 6.66 Å². The van der Waals surface area contributed by atoms with Gasteiger partial charge in [-0.3, -0.25) is 0 Å². The Bertz CT molecular complexity index is 1290. The summed E-state index contributed by atoms with van der Waals surface area (Å²) in [5.41, 5.74) is 6.02. The Morgan fingerprint density at radius 2 is 1.69 bits per heavy atom. The van der Waals surface area contributed by atoms with Gasteiger partial charge >= 0.3 is 0 Å². The van der Waals surface area contributed by atoms with Gasteiger partial charge in [0.25, 0.3) is 0 Å². The summed E-state index contributed by atoms with van der Waals surface area (Å²) in [5.74, 6) is 0. The highest BCUT2D eigenvalue weighted by Crippen LogP contribution is 2.45. The van der Waals surface area contributed by atoms with E-state index in [0.717, 1.165) is 6.42 Å². The molecule has 29 heavy (non-hydrogen) atoms. The van der Waals surface area contributed by atoms with E-state index in [9.17, 15) is 0 Å². The van der Waals surface area contributed by atoms with Gasteiger partial charge in [-0.05, 0) is 77.3 Å². The maximum absolute atomic E-state index is 2.51. The number of pyridine rings is 1. The first-order chi connectivity index (χ1) is 13.7. The minimum atomic E-state index is -0.386. The second-order valence-corrected chi connectivity index (χ2v) is 11.8. The summed E-state index contributed by atoms with van der Waals surface area (Å²) < 4.78 is 2.33. The van der Waals surface area contributed by atoms with Crippen molar-refractivity contribution in [1.82, 2.24) is 0 Å². The van der Waals surface area contributed by atoms with Crippen LogP contribution in [0, 0.1) is 12.3 Å². The molecule has 1 atom stereocenters. The predicted octanol–water partition coefficient (Wildman–Crippen LogP) is 5.76. The third-order valence-corrected chi connectivity index (χ3v) is 8.41. The van der Waals surface area contributed by atoms with Gasteiger partial charge in [-0.15, -0.1) is 0 Å². The van der Waals surface area contributed by atoms with Crippen LogP contribution in [0.25, 0.3) is 32.8 Å². The second kappa shape index (κ2) is 6.38. The van der Waals surface area contributed by atoms with Crippen LogP contribution in [-0.4, -0.2) is 6.66 Å². The number of aryl methyl sites for hydroxylation is 2. The minimum Gasteiger partial charge on any atom is -0.200 e. The zero-order valence-corrected chi connectivity index (χ0v) is 19.2. The summed E-state index contributed by atoms with van der Waals surface area (Å²) in [4.78, 5) is 0. The van der Waals surface area contributed by atoms with Crippen molar-refractivity contribution >= 4 is 40.1 Å². The zero-order valence-electron chi connectivity index (χ0n) is 18.3. The van der Waals surface area contributed by atoms with Crippen LogP contribution >= 0.6 is 7.92 Å². The van der Waals surface area contributed by atoms with E-state index in [1.54, 1.807) is 5.30 Å². The third-order valence-electron chi connectivity index (χ3n) is 6.26. The van der Waals surface area contributed by atoms with Crippen LogP contribution in [-0.2, 0) is 13.5 Å². The van der Waals surface area contributed by atoms with Gasteiger partial charge in [-0.1, -0.05) is 57.2 Å². The average molecular weight is 399 g/mol. The predicted molar refractivity (Wildman–Crippen MR) is 128 cm³/mol. The molecule has 146 valence electrons. The number of hydrogen-bond acceptors (Lipinski definition) is 0. The summed E-state index contributed by atoms with van der Waals surface area (Å²) in [7, 11) is 1.81. The van der Waals surface area contributed by atoms with Gasteiger partial charge in [-0.25, -0.2) is 4.57 Å². The molecule has 2 heteroatoms. The summed E-state index contributed by atoms with van der Waals surface area (Å²) >= 11 is 0. The molecule has 0 amide bonds. The van der Waals surface area contributed by atoms with E-state index in [1.165, 1.54) is 49.2 Å². The summed E-state index contributed by atoms with van der Waals surface area (Å²) in [6.45, 7) is 11.8. The van der Waals surface area contributed by atoms with Crippen LogP contribution in [0.4, 0.5) is 0 Å². The third kappa shape index (κ3) is 2.90. The standard InChI is InChI=1S/C27H29NP/c1-17-21-10-8-7-9-19(21)15-23-24(17)26-25-20(11-12-28(26)5)13-18(16-27(2,3)4)14-22(25)29(23)6/h7-15H,16H2,1-6H3/q+1. The zero-order chi connectivity index (χ0) is 20.5.